The van der Waals surface area contributed by atoms with Crippen LogP contribution >= 0.6 is 0 Å². The number of ether oxygens (including phenoxy) is 1. The van der Waals surface area contributed by atoms with Crippen molar-refractivity contribution < 1.29 is 9.30 Å². The van der Waals surface area contributed by atoms with Gasteiger partial charge in [-0.25, -0.2) is 9.55 Å². The van der Waals surface area contributed by atoms with E-state index in [1.165, 1.54) is 5.82 Å². The lowest BCUT2D eigenvalue weighted by Crippen LogP contribution is -2.33. The molecule has 1 aromatic heterocycles. The lowest BCUT2D eigenvalue weighted by atomic mass is 10.2. The molecule has 1 rings (SSSR count). The highest BCUT2D eigenvalue weighted by Gasteiger charge is 2.14. The van der Waals surface area contributed by atoms with Crippen molar-refractivity contribution >= 4 is 0 Å². The number of aryl methyl sites for hydroxylation is 1. The van der Waals surface area contributed by atoms with Gasteiger partial charge >= 0.3 is 0 Å². The molecule has 3 heteroatoms. The molecule has 1 aromatic rings. The van der Waals surface area contributed by atoms with Crippen LogP contribution in [-0.2, 0) is 18.2 Å². The van der Waals surface area contributed by atoms with Crippen LogP contribution in [0.2, 0.25) is 0 Å². The summed E-state index contributed by atoms with van der Waals surface area (Å²) >= 11 is 0. The van der Waals surface area contributed by atoms with Gasteiger partial charge in [-0.05, 0) is 13.3 Å². The summed E-state index contributed by atoms with van der Waals surface area (Å²) in [6.07, 6.45) is 6.35. The first kappa shape index (κ1) is 10.3. The molecule has 0 bridgehead atoms. The Morgan fingerprint density at radius 3 is 2.77 bits per heavy atom. The van der Waals surface area contributed by atoms with E-state index in [9.17, 15) is 0 Å². The van der Waals surface area contributed by atoms with Gasteiger partial charge in [-0.1, -0.05) is 6.92 Å². The van der Waals surface area contributed by atoms with Crippen LogP contribution in [0.15, 0.2) is 12.4 Å². The molecule has 1 atom stereocenters. The van der Waals surface area contributed by atoms with Gasteiger partial charge in [-0.2, -0.15) is 0 Å². The molecule has 1 N–H and O–H groups in total. The van der Waals surface area contributed by atoms with Crippen molar-refractivity contribution in [2.45, 2.75) is 32.8 Å². The minimum atomic E-state index is 0.342. The molecule has 0 saturated carbocycles. The first-order chi connectivity index (χ1) is 6.27. The maximum Gasteiger partial charge on any atom is 0.256 e. The molecule has 13 heavy (non-hydrogen) atoms. The number of aromatic amines is 1. The van der Waals surface area contributed by atoms with Crippen LogP contribution in [0, 0.1) is 0 Å². The maximum absolute atomic E-state index is 5.59. The number of nitrogens with zero attached hydrogens (tertiary/aromatic N) is 1. The standard InChI is InChI=1S/C10H18N2O/c1-4-9(13-5-2)8-10-11-6-7-12(10)3/h6-7,9H,4-5,8H2,1-3H3/p+1. The minimum Gasteiger partial charge on any atom is -0.378 e. The van der Waals surface area contributed by atoms with Crippen LogP contribution < -0.4 is 4.57 Å². The average Bonchev–Trinajstić information content (AvgIpc) is 2.51. The number of imidazole rings is 1. The maximum atomic E-state index is 5.59. The van der Waals surface area contributed by atoms with E-state index < -0.39 is 0 Å². The Morgan fingerprint density at radius 1 is 1.54 bits per heavy atom. The highest BCUT2D eigenvalue weighted by Crippen LogP contribution is 2.03. The summed E-state index contributed by atoms with van der Waals surface area (Å²) in [7, 11) is 2.05. The summed E-state index contributed by atoms with van der Waals surface area (Å²) in [5.74, 6) is 1.22. The molecule has 0 saturated heterocycles. The molecule has 0 aliphatic heterocycles. The molecule has 0 aliphatic rings. The second-order valence-electron chi connectivity index (χ2n) is 3.21. The monoisotopic (exact) mass is 183 g/mol. The van der Waals surface area contributed by atoms with Crippen LogP contribution in [0.3, 0.4) is 0 Å². The molecule has 1 heterocycles. The van der Waals surface area contributed by atoms with Crippen molar-refractivity contribution in [3.63, 3.8) is 0 Å². The van der Waals surface area contributed by atoms with E-state index in [1.807, 2.05) is 26.4 Å². The molecule has 3 nitrogen and oxygen atoms in total. The van der Waals surface area contributed by atoms with Gasteiger partial charge in [0.1, 0.15) is 12.4 Å². The zero-order chi connectivity index (χ0) is 9.68. The van der Waals surface area contributed by atoms with Gasteiger partial charge < -0.3 is 4.74 Å². The van der Waals surface area contributed by atoms with Crippen LogP contribution in [0.1, 0.15) is 26.1 Å². The first-order valence-electron chi connectivity index (χ1n) is 4.91. The SMILES string of the molecule is CCOC(CC)Cc1[nH]cc[n+]1C. The van der Waals surface area contributed by atoms with Crippen molar-refractivity contribution in [2.24, 2.45) is 7.05 Å². The zero-order valence-electron chi connectivity index (χ0n) is 8.71. The van der Waals surface area contributed by atoms with E-state index in [1.54, 1.807) is 0 Å². The van der Waals surface area contributed by atoms with Crippen molar-refractivity contribution in [2.75, 3.05) is 6.61 Å². The number of hydrogen-bond acceptors (Lipinski definition) is 1. The number of hydrogen-bond donors (Lipinski definition) is 1. The summed E-state index contributed by atoms with van der Waals surface area (Å²) in [6, 6.07) is 0. The van der Waals surface area contributed by atoms with Crippen LogP contribution in [0.4, 0.5) is 0 Å². The van der Waals surface area contributed by atoms with Crippen LogP contribution in [0.25, 0.3) is 0 Å². The lowest BCUT2D eigenvalue weighted by Gasteiger charge is -2.11. The molecule has 0 aromatic carbocycles. The van der Waals surface area contributed by atoms with Gasteiger partial charge in [0.05, 0.1) is 19.6 Å². The third kappa shape index (κ3) is 2.84. The van der Waals surface area contributed by atoms with Crippen molar-refractivity contribution in [3.8, 4) is 0 Å². The highest BCUT2D eigenvalue weighted by molar-refractivity contribution is 4.80. The Balaban J connectivity index is 2.51. The number of rotatable bonds is 5. The first-order valence-corrected chi connectivity index (χ1v) is 4.91. The van der Waals surface area contributed by atoms with E-state index >= 15 is 0 Å². The topological polar surface area (TPSA) is 28.9 Å². The fourth-order valence-corrected chi connectivity index (χ4v) is 1.41. The number of nitrogens with one attached hydrogen (secondary N) is 1. The molecule has 0 aliphatic carbocycles. The Kier molecular flexibility index (Phi) is 3.96. The smallest absolute Gasteiger partial charge is 0.256 e. The summed E-state index contributed by atoms with van der Waals surface area (Å²) in [5.41, 5.74) is 0. The van der Waals surface area contributed by atoms with Gasteiger partial charge in [0.15, 0.2) is 0 Å². The largest absolute Gasteiger partial charge is 0.378 e. The Morgan fingerprint density at radius 2 is 2.31 bits per heavy atom. The van der Waals surface area contributed by atoms with Crippen molar-refractivity contribution in [1.29, 1.82) is 0 Å². The summed E-state index contributed by atoms with van der Waals surface area (Å²) in [4.78, 5) is 3.21. The zero-order valence-corrected chi connectivity index (χ0v) is 8.71. The number of H-pyrrole nitrogens is 1. The quantitative estimate of drug-likeness (QED) is 0.683. The predicted octanol–water partition coefficient (Wildman–Crippen LogP) is 1.20. The molecule has 74 valence electrons. The fraction of sp³-hybridized carbons (Fsp3) is 0.700. The molecule has 0 amide bonds. The molecule has 0 radical (unpaired) electrons. The normalized spacial score (nSPS) is 13.2. The van der Waals surface area contributed by atoms with Crippen LogP contribution in [-0.4, -0.2) is 17.7 Å². The molecular formula is C10H19N2O+. The molecular weight excluding hydrogens is 164 g/mol. The third-order valence-corrected chi connectivity index (χ3v) is 2.25. The van der Waals surface area contributed by atoms with Gasteiger partial charge in [0, 0.05) is 6.61 Å². The Bertz CT molecular complexity index is 245. The predicted molar refractivity (Wildman–Crippen MR) is 51.4 cm³/mol. The average molecular weight is 183 g/mol. The summed E-state index contributed by atoms with van der Waals surface area (Å²) in [5, 5.41) is 0. The molecule has 0 spiro atoms. The van der Waals surface area contributed by atoms with Gasteiger partial charge in [0.25, 0.3) is 5.82 Å². The highest BCUT2D eigenvalue weighted by atomic mass is 16.5. The number of aromatic nitrogens is 2. The van der Waals surface area contributed by atoms with Gasteiger partial charge in [0.2, 0.25) is 0 Å². The minimum absolute atomic E-state index is 0.342. The summed E-state index contributed by atoms with van der Waals surface area (Å²) < 4.78 is 7.68. The Labute approximate surface area is 79.7 Å². The van der Waals surface area contributed by atoms with E-state index in [0.29, 0.717) is 6.10 Å². The van der Waals surface area contributed by atoms with Gasteiger partial charge in [-0.3, -0.25) is 0 Å². The van der Waals surface area contributed by atoms with Crippen molar-refractivity contribution in [1.82, 2.24) is 4.98 Å². The Hall–Kier alpha value is -0.830. The second-order valence-corrected chi connectivity index (χ2v) is 3.21. The van der Waals surface area contributed by atoms with E-state index in [0.717, 1.165) is 19.4 Å². The van der Waals surface area contributed by atoms with Gasteiger partial charge in [-0.15, -0.1) is 0 Å². The molecule has 0 fully saturated rings. The second kappa shape index (κ2) is 5.02. The molecule has 1 unspecified atom stereocenters. The van der Waals surface area contributed by atoms with E-state index in [4.69, 9.17) is 4.74 Å². The van der Waals surface area contributed by atoms with E-state index in [-0.39, 0.29) is 0 Å². The third-order valence-electron chi connectivity index (χ3n) is 2.25. The fourth-order valence-electron chi connectivity index (χ4n) is 1.41. The van der Waals surface area contributed by atoms with E-state index in [2.05, 4.69) is 16.5 Å². The van der Waals surface area contributed by atoms with Crippen LogP contribution in [0.5, 0.6) is 0 Å². The lowest BCUT2D eigenvalue weighted by molar-refractivity contribution is -0.678. The summed E-state index contributed by atoms with van der Waals surface area (Å²) in [6.45, 7) is 4.99. The van der Waals surface area contributed by atoms with Crippen molar-refractivity contribution in [3.05, 3.63) is 18.2 Å².